The van der Waals surface area contributed by atoms with Gasteiger partial charge in [0.2, 0.25) is 6.41 Å². The second-order valence-electron chi connectivity index (χ2n) is 3.54. The van der Waals surface area contributed by atoms with E-state index >= 15 is 0 Å². The van der Waals surface area contributed by atoms with Crippen molar-refractivity contribution in [3.8, 4) is 0 Å². The van der Waals surface area contributed by atoms with Crippen LogP contribution in [0.25, 0.3) is 5.57 Å². The normalized spacial score (nSPS) is 10.4. The van der Waals surface area contributed by atoms with E-state index < -0.39 is 0 Å². The van der Waals surface area contributed by atoms with Gasteiger partial charge in [-0.1, -0.05) is 19.9 Å². The van der Waals surface area contributed by atoms with Crippen molar-refractivity contribution in [2.45, 2.75) is 27.7 Å². The van der Waals surface area contributed by atoms with E-state index in [0.29, 0.717) is 0 Å². The van der Waals surface area contributed by atoms with Crippen molar-refractivity contribution in [2.24, 2.45) is 0 Å². The minimum absolute atomic E-state index is 0.243. The van der Waals surface area contributed by atoms with E-state index in [9.17, 15) is 9.18 Å². The van der Waals surface area contributed by atoms with E-state index in [1.165, 1.54) is 17.0 Å². The number of carbonyl (C=O) groups excluding carboxylic acids is 1. The fraction of sp³-hybridized carbons (Fsp3) is 0.357. The molecular formula is C14H20FNO. The van der Waals surface area contributed by atoms with Gasteiger partial charge in [0.25, 0.3) is 0 Å². The van der Waals surface area contributed by atoms with Crippen LogP contribution in [0.3, 0.4) is 0 Å². The van der Waals surface area contributed by atoms with Crippen LogP contribution in [-0.4, -0.2) is 18.4 Å². The van der Waals surface area contributed by atoms with Gasteiger partial charge in [0.15, 0.2) is 0 Å². The molecule has 0 saturated heterocycles. The average molecular weight is 237 g/mol. The highest BCUT2D eigenvalue weighted by Gasteiger charge is 2.02. The Morgan fingerprint density at radius 3 is 2.41 bits per heavy atom. The summed E-state index contributed by atoms with van der Waals surface area (Å²) in [5.41, 5.74) is 2.75. The molecule has 3 heteroatoms. The number of rotatable bonds is 3. The maximum atomic E-state index is 12.9. The van der Waals surface area contributed by atoms with Gasteiger partial charge in [-0.2, -0.15) is 0 Å². The maximum Gasteiger partial charge on any atom is 0.213 e. The molecule has 0 saturated carbocycles. The Balaban J connectivity index is 0.00000121. The Hall–Kier alpha value is -1.64. The zero-order valence-electron chi connectivity index (χ0n) is 11.1. The predicted molar refractivity (Wildman–Crippen MR) is 70.0 cm³/mol. The highest BCUT2D eigenvalue weighted by Crippen LogP contribution is 2.19. The van der Waals surface area contributed by atoms with E-state index in [1.807, 2.05) is 27.7 Å². The van der Waals surface area contributed by atoms with Crippen molar-refractivity contribution in [1.29, 1.82) is 0 Å². The fourth-order valence-corrected chi connectivity index (χ4v) is 1.47. The van der Waals surface area contributed by atoms with E-state index in [4.69, 9.17) is 0 Å². The zero-order chi connectivity index (χ0) is 13.4. The average Bonchev–Trinajstić information content (AvgIpc) is 2.31. The summed E-state index contributed by atoms with van der Waals surface area (Å²) in [5.74, 6) is -0.243. The second kappa shape index (κ2) is 7.60. The lowest BCUT2D eigenvalue weighted by Crippen LogP contribution is -2.07. The first-order valence-electron chi connectivity index (χ1n) is 5.67. The van der Waals surface area contributed by atoms with Gasteiger partial charge >= 0.3 is 0 Å². The third-order valence-corrected chi connectivity index (χ3v) is 2.18. The zero-order valence-corrected chi connectivity index (χ0v) is 11.1. The molecule has 1 rings (SSSR count). The predicted octanol–water partition coefficient (Wildman–Crippen LogP) is 3.61. The van der Waals surface area contributed by atoms with Crippen LogP contribution in [0.1, 0.15) is 31.9 Å². The van der Waals surface area contributed by atoms with Crippen molar-refractivity contribution in [1.82, 2.24) is 4.90 Å². The number of carbonyl (C=O) groups is 1. The van der Waals surface area contributed by atoms with Crippen LogP contribution in [-0.2, 0) is 4.79 Å². The van der Waals surface area contributed by atoms with Crippen LogP contribution in [0.4, 0.5) is 4.39 Å². The Bertz CT molecular complexity index is 399. The molecule has 2 nitrogen and oxygen atoms in total. The number of benzene rings is 1. The van der Waals surface area contributed by atoms with Crippen molar-refractivity contribution < 1.29 is 9.18 Å². The number of halogens is 1. The monoisotopic (exact) mass is 237 g/mol. The topological polar surface area (TPSA) is 20.3 Å². The number of amides is 1. The maximum absolute atomic E-state index is 12.9. The number of hydrogen-bond acceptors (Lipinski definition) is 1. The van der Waals surface area contributed by atoms with Gasteiger partial charge in [0.1, 0.15) is 5.82 Å². The summed E-state index contributed by atoms with van der Waals surface area (Å²) in [6.45, 7) is 7.73. The molecule has 0 fully saturated rings. The summed E-state index contributed by atoms with van der Waals surface area (Å²) < 4.78 is 12.9. The second-order valence-corrected chi connectivity index (χ2v) is 3.54. The van der Waals surface area contributed by atoms with Gasteiger partial charge < -0.3 is 4.90 Å². The van der Waals surface area contributed by atoms with E-state index in [2.05, 4.69) is 0 Å². The fourth-order valence-electron chi connectivity index (χ4n) is 1.47. The number of aryl methyl sites for hydroxylation is 1. The number of nitrogens with zero attached hydrogens (tertiary/aromatic N) is 1. The molecule has 0 bridgehead atoms. The van der Waals surface area contributed by atoms with Crippen molar-refractivity contribution in [3.63, 3.8) is 0 Å². The number of hydrogen-bond donors (Lipinski definition) is 0. The van der Waals surface area contributed by atoms with Crippen LogP contribution in [0.2, 0.25) is 0 Å². The summed E-state index contributed by atoms with van der Waals surface area (Å²) in [7, 11) is 1.66. The molecule has 94 valence electrons. The molecule has 0 heterocycles. The minimum Gasteiger partial charge on any atom is -0.324 e. The summed E-state index contributed by atoms with van der Waals surface area (Å²) in [6, 6.07) is 4.61. The third-order valence-electron chi connectivity index (χ3n) is 2.18. The lowest BCUT2D eigenvalue weighted by Gasteiger charge is -2.09. The molecule has 1 amide bonds. The van der Waals surface area contributed by atoms with E-state index in [1.54, 1.807) is 19.3 Å². The summed E-state index contributed by atoms with van der Waals surface area (Å²) in [6.07, 6.45) is 2.44. The van der Waals surface area contributed by atoms with E-state index in [0.717, 1.165) is 23.1 Å². The van der Waals surface area contributed by atoms with Crippen molar-refractivity contribution in [3.05, 3.63) is 41.3 Å². The third kappa shape index (κ3) is 4.81. The quantitative estimate of drug-likeness (QED) is 0.735. The standard InChI is InChI=1S/C12H14FNO.C2H6/c1-9-6-11(13)4-5-12(9)10(2)7-14(3)8-15;1-2/h4-8H,1-3H3;1-2H3/b10-7-;. The Morgan fingerprint density at radius 1 is 1.35 bits per heavy atom. The minimum atomic E-state index is -0.243. The molecule has 0 N–H and O–H groups in total. The Morgan fingerprint density at radius 2 is 1.94 bits per heavy atom. The highest BCUT2D eigenvalue weighted by molar-refractivity contribution is 5.68. The smallest absolute Gasteiger partial charge is 0.213 e. The van der Waals surface area contributed by atoms with Crippen LogP contribution < -0.4 is 0 Å². The summed E-state index contributed by atoms with van der Waals surface area (Å²) in [5, 5.41) is 0. The molecule has 0 atom stereocenters. The molecule has 0 spiro atoms. The first-order chi connectivity index (χ1) is 8.04. The molecule has 1 aromatic rings. The van der Waals surface area contributed by atoms with Gasteiger partial charge in [-0.3, -0.25) is 4.79 Å². The van der Waals surface area contributed by atoms with Gasteiger partial charge in [-0.25, -0.2) is 4.39 Å². The molecule has 17 heavy (non-hydrogen) atoms. The molecule has 0 aromatic heterocycles. The molecule has 0 aliphatic heterocycles. The first-order valence-corrected chi connectivity index (χ1v) is 5.67. The van der Waals surface area contributed by atoms with Gasteiger partial charge in [-0.15, -0.1) is 0 Å². The molecule has 0 aliphatic carbocycles. The number of allylic oxidation sites excluding steroid dienone is 1. The first kappa shape index (κ1) is 15.4. The van der Waals surface area contributed by atoms with Crippen LogP contribution in [0.5, 0.6) is 0 Å². The van der Waals surface area contributed by atoms with Crippen LogP contribution in [0, 0.1) is 12.7 Å². The summed E-state index contributed by atoms with van der Waals surface area (Å²) in [4.78, 5) is 11.9. The molecule has 0 unspecified atom stereocenters. The molecule has 0 aliphatic rings. The Kier molecular flexibility index (Phi) is 6.87. The van der Waals surface area contributed by atoms with Gasteiger partial charge in [-0.05, 0) is 42.7 Å². The molecular weight excluding hydrogens is 217 g/mol. The van der Waals surface area contributed by atoms with Gasteiger partial charge in [0, 0.05) is 13.2 Å². The highest BCUT2D eigenvalue weighted by atomic mass is 19.1. The van der Waals surface area contributed by atoms with Crippen LogP contribution in [0.15, 0.2) is 24.4 Å². The lowest BCUT2D eigenvalue weighted by atomic mass is 10.0. The van der Waals surface area contributed by atoms with Crippen molar-refractivity contribution in [2.75, 3.05) is 7.05 Å². The Labute approximate surface area is 103 Å². The SMILES string of the molecule is C/C(=C/N(C)C=O)c1ccc(F)cc1C.CC. The van der Waals surface area contributed by atoms with E-state index in [-0.39, 0.29) is 5.82 Å². The molecule has 0 radical (unpaired) electrons. The van der Waals surface area contributed by atoms with Crippen molar-refractivity contribution >= 4 is 12.0 Å². The molecule has 1 aromatic carbocycles. The lowest BCUT2D eigenvalue weighted by molar-refractivity contribution is -0.114. The largest absolute Gasteiger partial charge is 0.324 e. The van der Waals surface area contributed by atoms with Crippen LogP contribution >= 0.6 is 0 Å². The van der Waals surface area contributed by atoms with Gasteiger partial charge in [0.05, 0.1) is 0 Å². The summed E-state index contributed by atoms with van der Waals surface area (Å²) >= 11 is 0.